The van der Waals surface area contributed by atoms with Gasteiger partial charge in [0.25, 0.3) is 5.91 Å². The van der Waals surface area contributed by atoms with Crippen LogP contribution in [-0.4, -0.2) is 15.7 Å². The molecule has 1 N–H and O–H groups in total. The molecule has 0 atom stereocenters. The van der Waals surface area contributed by atoms with Gasteiger partial charge in [0.2, 0.25) is 0 Å². The third-order valence-electron chi connectivity index (χ3n) is 2.56. The lowest BCUT2D eigenvalue weighted by molar-refractivity contribution is 0.101. The first-order valence-corrected chi connectivity index (χ1v) is 5.60. The van der Waals surface area contributed by atoms with E-state index < -0.39 is 0 Å². The van der Waals surface area contributed by atoms with Crippen molar-refractivity contribution in [3.63, 3.8) is 0 Å². The van der Waals surface area contributed by atoms with E-state index in [9.17, 15) is 4.79 Å². The zero-order chi connectivity index (χ0) is 12.3. The normalized spacial score (nSPS) is 10.2. The molecule has 88 valence electrons. The van der Waals surface area contributed by atoms with Crippen molar-refractivity contribution in [1.29, 1.82) is 0 Å². The van der Waals surface area contributed by atoms with Crippen molar-refractivity contribution >= 4 is 11.6 Å². The highest BCUT2D eigenvalue weighted by molar-refractivity contribution is 6.03. The number of nitrogens with one attached hydrogen (secondary N) is 1. The van der Waals surface area contributed by atoms with Crippen molar-refractivity contribution < 1.29 is 4.79 Å². The van der Waals surface area contributed by atoms with Gasteiger partial charge in [-0.3, -0.25) is 9.48 Å². The van der Waals surface area contributed by atoms with Crippen LogP contribution in [0.2, 0.25) is 0 Å². The molecule has 4 nitrogen and oxygen atoms in total. The Morgan fingerprint density at radius 2 is 2.06 bits per heavy atom. The summed E-state index contributed by atoms with van der Waals surface area (Å²) in [6.07, 6.45) is 0.826. The summed E-state index contributed by atoms with van der Waals surface area (Å²) in [4.78, 5) is 12.0. The maximum Gasteiger partial charge on any atom is 0.273 e. The number of para-hydroxylation sites is 1. The number of rotatable bonds is 3. The van der Waals surface area contributed by atoms with Gasteiger partial charge in [-0.15, -0.1) is 0 Å². The molecule has 0 aliphatic rings. The SMILES string of the molecule is CCc1cc(C(=O)Nc2ccccc2)n(C)n1. The quantitative estimate of drug-likeness (QED) is 0.877. The van der Waals surface area contributed by atoms with Crippen LogP contribution in [0.4, 0.5) is 5.69 Å². The molecule has 1 amide bonds. The molecule has 0 spiro atoms. The van der Waals surface area contributed by atoms with E-state index in [1.807, 2.05) is 43.3 Å². The summed E-state index contributed by atoms with van der Waals surface area (Å²) in [6, 6.07) is 11.2. The van der Waals surface area contributed by atoms with E-state index in [1.165, 1.54) is 0 Å². The Hall–Kier alpha value is -2.10. The van der Waals surface area contributed by atoms with Crippen molar-refractivity contribution in [3.05, 3.63) is 47.8 Å². The average Bonchev–Trinajstić information content (AvgIpc) is 2.72. The van der Waals surface area contributed by atoms with Crippen LogP contribution in [0.1, 0.15) is 23.1 Å². The second-order valence-electron chi connectivity index (χ2n) is 3.82. The molecule has 2 rings (SSSR count). The topological polar surface area (TPSA) is 46.9 Å². The molecule has 0 unspecified atom stereocenters. The molecule has 0 saturated carbocycles. The highest BCUT2D eigenvalue weighted by atomic mass is 16.2. The minimum Gasteiger partial charge on any atom is -0.321 e. The molecule has 2 aromatic rings. The predicted molar refractivity (Wildman–Crippen MR) is 67.0 cm³/mol. The van der Waals surface area contributed by atoms with Crippen LogP contribution in [0.25, 0.3) is 0 Å². The maximum absolute atomic E-state index is 12.0. The van der Waals surface area contributed by atoms with Crippen LogP contribution in [-0.2, 0) is 13.5 Å². The van der Waals surface area contributed by atoms with Crippen LogP contribution >= 0.6 is 0 Å². The zero-order valence-electron chi connectivity index (χ0n) is 9.97. The van der Waals surface area contributed by atoms with Gasteiger partial charge >= 0.3 is 0 Å². The summed E-state index contributed by atoms with van der Waals surface area (Å²) in [6.45, 7) is 2.02. The fraction of sp³-hybridized carbons (Fsp3) is 0.231. The number of amides is 1. The van der Waals surface area contributed by atoms with Crippen LogP contribution in [0.15, 0.2) is 36.4 Å². The highest BCUT2D eigenvalue weighted by Gasteiger charge is 2.12. The van der Waals surface area contributed by atoms with Gasteiger partial charge in [0.05, 0.1) is 5.69 Å². The molecule has 1 heterocycles. The molecule has 1 aromatic heterocycles. The maximum atomic E-state index is 12.0. The molecule has 4 heteroatoms. The lowest BCUT2D eigenvalue weighted by atomic mass is 10.2. The van der Waals surface area contributed by atoms with Crippen molar-refractivity contribution in [2.24, 2.45) is 7.05 Å². The smallest absolute Gasteiger partial charge is 0.273 e. The number of hydrogen-bond acceptors (Lipinski definition) is 2. The number of aryl methyl sites for hydroxylation is 2. The number of anilines is 1. The Labute approximate surface area is 100 Å². The van der Waals surface area contributed by atoms with Crippen molar-refractivity contribution in [2.75, 3.05) is 5.32 Å². The number of benzene rings is 1. The minimum atomic E-state index is -0.133. The van der Waals surface area contributed by atoms with Crippen molar-refractivity contribution in [3.8, 4) is 0 Å². The summed E-state index contributed by atoms with van der Waals surface area (Å²) in [5, 5.41) is 7.08. The molecule has 0 bridgehead atoms. The van der Waals surface area contributed by atoms with Crippen molar-refractivity contribution in [1.82, 2.24) is 9.78 Å². The Morgan fingerprint density at radius 1 is 1.35 bits per heavy atom. The summed E-state index contributed by atoms with van der Waals surface area (Å²) < 4.78 is 1.61. The van der Waals surface area contributed by atoms with E-state index in [0.29, 0.717) is 5.69 Å². The Kier molecular flexibility index (Phi) is 3.23. The highest BCUT2D eigenvalue weighted by Crippen LogP contribution is 2.09. The molecule has 0 radical (unpaired) electrons. The fourth-order valence-corrected chi connectivity index (χ4v) is 1.63. The second-order valence-corrected chi connectivity index (χ2v) is 3.82. The van der Waals surface area contributed by atoms with Crippen LogP contribution in [0.5, 0.6) is 0 Å². The summed E-state index contributed by atoms with van der Waals surface area (Å²) >= 11 is 0. The number of aromatic nitrogens is 2. The number of carbonyl (C=O) groups is 1. The minimum absolute atomic E-state index is 0.133. The fourth-order valence-electron chi connectivity index (χ4n) is 1.63. The van der Waals surface area contributed by atoms with Gasteiger partial charge in [-0.25, -0.2) is 0 Å². The summed E-state index contributed by atoms with van der Waals surface area (Å²) in [5.41, 5.74) is 2.29. The molecular weight excluding hydrogens is 214 g/mol. The third-order valence-corrected chi connectivity index (χ3v) is 2.56. The van der Waals surface area contributed by atoms with Gasteiger partial charge in [-0.2, -0.15) is 5.10 Å². The Bertz CT molecular complexity index is 517. The standard InChI is InChI=1S/C13H15N3O/c1-3-10-9-12(16(2)15-10)13(17)14-11-7-5-4-6-8-11/h4-9H,3H2,1-2H3,(H,14,17). The summed E-state index contributed by atoms with van der Waals surface area (Å²) in [7, 11) is 1.78. The predicted octanol–water partition coefficient (Wildman–Crippen LogP) is 2.23. The van der Waals surface area contributed by atoms with Gasteiger partial charge in [-0.1, -0.05) is 25.1 Å². The van der Waals surface area contributed by atoms with E-state index in [0.717, 1.165) is 17.8 Å². The van der Waals surface area contributed by atoms with E-state index in [1.54, 1.807) is 11.7 Å². The van der Waals surface area contributed by atoms with E-state index in [2.05, 4.69) is 10.4 Å². The van der Waals surface area contributed by atoms with Gasteiger partial charge in [-0.05, 0) is 24.6 Å². The Balaban J connectivity index is 2.17. The molecule has 17 heavy (non-hydrogen) atoms. The second kappa shape index (κ2) is 4.82. The van der Waals surface area contributed by atoms with Gasteiger partial charge in [0.1, 0.15) is 5.69 Å². The van der Waals surface area contributed by atoms with E-state index >= 15 is 0 Å². The molecule has 0 aliphatic heterocycles. The van der Waals surface area contributed by atoms with Crippen molar-refractivity contribution in [2.45, 2.75) is 13.3 Å². The van der Waals surface area contributed by atoms with Crippen LogP contribution in [0.3, 0.4) is 0 Å². The van der Waals surface area contributed by atoms with Gasteiger partial charge < -0.3 is 5.32 Å². The molecule has 1 aromatic carbocycles. The lowest BCUT2D eigenvalue weighted by Crippen LogP contribution is -2.15. The first-order chi connectivity index (χ1) is 8.20. The van der Waals surface area contributed by atoms with Gasteiger partial charge in [0.15, 0.2) is 0 Å². The van der Waals surface area contributed by atoms with E-state index in [-0.39, 0.29) is 5.91 Å². The molecule has 0 fully saturated rings. The molecule has 0 aliphatic carbocycles. The monoisotopic (exact) mass is 229 g/mol. The third kappa shape index (κ3) is 2.53. The van der Waals surface area contributed by atoms with Gasteiger partial charge in [0, 0.05) is 12.7 Å². The Morgan fingerprint density at radius 3 is 2.65 bits per heavy atom. The number of carbonyl (C=O) groups excluding carboxylic acids is 1. The molecule has 0 saturated heterocycles. The summed E-state index contributed by atoms with van der Waals surface area (Å²) in [5.74, 6) is -0.133. The molecular formula is C13H15N3O. The first-order valence-electron chi connectivity index (χ1n) is 5.60. The largest absolute Gasteiger partial charge is 0.321 e. The number of hydrogen-bond donors (Lipinski definition) is 1. The first kappa shape index (κ1) is 11.4. The van der Waals surface area contributed by atoms with E-state index in [4.69, 9.17) is 0 Å². The lowest BCUT2D eigenvalue weighted by Gasteiger charge is -2.04. The van der Waals surface area contributed by atoms with Crippen LogP contribution < -0.4 is 5.32 Å². The zero-order valence-corrected chi connectivity index (χ0v) is 9.97. The average molecular weight is 229 g/mol. The van der Waals surface area contributed by atoms with Crippen LogP contribution in [0, 0.1) is 0 Å². The number of nitrogens with zero attached hydrogens (tertiary/aromatic N) is 2.